The third-order valence-corrected chi connectivity index (χ3v) is 2.73. The minimum absolute atomic E-state index is 0.0903. The summed E-state index contributed by atoms with van der Waals surface area (Å²) in [6.45, 7) is 0.484. The number of nitrogens with two attached hydrogens (primary N) is 3. The summed E-state index contributed by atoms with van der Waals surface area (Å²) in [4.78, 5) is 4.09. The SMILES string of the molecule is NC(N)=NNC(N)=NCc1ccccc1I. The van der Waals surface area contributed by atoms with Crippen LogP contribution < -0.4 is 22.6 Å². The summed E-state index contributed by atoms with van der Waals surface area (Å²) >= 11 is 2.24. The molecule has 0 aliphatic heterocycles. The van der Waals surface area contributed by atoms with Gasteiger partial charge >= 0.3 is 0 Å². The first-order valence-electron chi connectivity index (χ1n) is 4.47. The van der Waals surface area contributed by atoms with E-state index in [1.165, 1.54) is 0 Å². The van der Waals surface area contributed by atoms with Crippen molar-refractivity contribution in [2.45, 2.75) is 6.54 Å². The van der Waals surface area contributed by atoms with Crippen LogP contribution in [0, 0.1) is 3.57 Å². The predicted molar refractivity (Wildman–Crippen MR) is 73.4 cm³/mol. The van der Waals surface area contributed by atoms with Gasteiger partial charge in [0.05, 0.1) is 6.54 Å². The van der Waals surface area contributed by atoms with Crippen LogP contribution in [0.15, 0.2) is 34.4 Å². The molecule has 0 spiro atoms. The van der Waals surface area contributed by atoms with Gasteiger partial charge in [-0.05, 0) is 34.2 Å². The van der Waals surface area contributed by atoms with Gasteiger partial charge in [0.25, 0.3) is 0 Å². The zero-order chi connectivity index (χ0) is 12.0. The smallest absolute Gasteiger partial charge is 0.209 e. The second-order valence-electron chi connectivity index (χ2n) is 2.94. The number of guanidine groups is 2. The highest BCUT2D eigenvalue weighted by Gasteiger charge is 1.97. The first-order valence-corrected chi connectivity index (χ1v) is 5.55. The third-order valence-electron chi connectivity index (χ3n) is 1.68. The molecule has 0 unspecified atom stereocenters. The Hall–Kier alpha value is -1.51. The van der Waals surface area contributed by atoms with Gasteiger partial charge in [-0.3, -0.25) is 0 Å². The molecule has 0 bridgehead atoms. The summed E-state index contributed by atoms with van der Waals surface area (Å²) in [6.07, 6.45) is 0. The molecule has 0 fully saturated rings. The summed E-state index contributed by atoms with van der Waals surface area (Å²) in [5, 5.41) is 3.52. The summed E-state index contributed by atoms with van der Waals surface area (Å²) in [6, 6.07) is 7.91. The monoisotopic (exact) mass is 332 g/mol. The minimum Gasteiger partial charge on any atom is -0.369 e. The van der Waals surface area contributed by atoms with Crippen molar-refractivity contribution in [3.8, 4) is 0 Å². The van der Waals surface area contributed by atoms with Crippen molar-refractivity contribution in [3.63, 3.8) is 0 Å². The van der Waals surface area contributed by atoms with Crippen LogP contribution >= 0.6 is 22.6 Å². The summed E-state index contributed by atoms with van der Waals surface area (Å²) in [5.41, 5.74) is 19.3. The van der Waals surface area contributed by atoms with Crippen LogP contribution in [0.5, 0.6) is 0 Å². The summed E-state index contributed by atoms with van der Waals surface area (Å²) < 4.78 is 1.14. The van der Waals surface area contributed by atoms with Crippen LogP contribution in [-0.4, -0.2) is 11.9 Å². The zero-order valence-corrected chi connectivity index (χ0v) is 10.7. The van der Waals surface area contributed by atoms with Gasteiger partial charge in [0, 0.05) is 3.57 Å². The normalized spacial score (nSPS) is 10.9. The van der Waals surface area contributed by atoms with Gasteiger partial charge in [-0.1, -0.05) is 18.2 Å². The molecule has 7 N–H and O–H groups in total. The van der Waals surface area contributed by atoms with Crippen LogP contribution in [0.4, 0.5) is 0 Å². The van der Waals surface area contributed by atoms with E-state index < -0.39 is 0 Å². The van der Waals surface area contributed by atoms with Crippen molar-refractivity contribution in [3.05, 3.63) is 33.4 Å². The molecular formula is C9H13IN6. The van der Waals surface area contributed by atoms with Crippen molar-refractivity contribution in [2.75, 3.05) is 0 Å². The van der Waals surface area contributed by atoms with Crippen molar-refractivity contribution >= 4 is 34.5 Å². The molecule has 0 aliphatic rings. The van der Waals surface area contributed by atoms with E-state index in [2.05, 4.69) is 38.1 Å². The zero-order valence-electron chi connectivity index (χ0n) is 8.52. The molecule has 0 saturated heterocycles. The van der Waals surface area contributed by atoms with E-state index in [1.54, 1.807) is 0 Å². The number of hydrogen-bond donors (Lipinski definition) is 4. The maximum atomic E-state index is 5.54. The van der Waals surface area contributed by atoms with E-state index in [-0.39, 0.29) is 11.9 Å². The Morgan fingerprint density at radius 2 is 1.94 bits per heavy atom. The fourth-order valence-corrected chi connectivity index (χ4v) is 1.51. The number of aliphatic imine (C=N–C) groups is 1. The van der Waals surface area contributed by atoms with Crippen LogP contribution in [0.3, 0.4) is 0 Å². The number of nitrogens with zero attached hydrogens (tertiary/aromatic N) is 2. The summed E-state index contributed by atoms with van der Waals surface area (Å²) in [5.74, 6) is 0.0838. The molecule has 0 atom stereocenters. The highest BCUT2D eigenvalue weighted by atomic mass is 127. The van der Waals surface area contributed by atoms with Crippen LogP contribution in [-0.2, 0) is 6.54 Å². The third kappa shape index (κ3) is 4.34. The lowest BCUT2D eigenvalue weighted by Crippen LogP contribution is -2.33. The Balaban J connectivity index is 2.59. The lowest BCUT2D eigenvalue weighted by Gasteiger charge is -2.02. The molecule has 0 aromatic heterocycles. The average molecular weight is 332 g/mol. The molecule has 16 heavy (non-hydrogen) atoms. The maximum Gasteiger partial charge on any atom is 0.209 e. The quantitative estimate of drug-likeness (QED) is 0.267. The van der Waals surface area contributed by atoms with Gasteiger partial charge < -0.3 is 17.2 Å². The number of nitrogens with one attached hydrogen (secondary N) is 1. The molecule has 0 heterocycles. The molecular weight excluding hydrogens is 319 g/mol. The molecule has 0 amide bonds. The van der Waals surface area contributed by atoms with Crippen molar-refractivity contribution in [2.24, 2.45) is 27.3 Å². The van der Waals surface area contributed by atoms with E-state index in [1.807, 2.05) is 24.3 Å². The van der Waals surface area contributed by atoms with Gasteiger partial charge in [-0.2, -0.15) is 0 Å². The Morgan fingerprint density at radius 1 is 1.25 bits per heavy atom. The molecule has 0 radical (unpaired) electrons. The van der Waals surface area contributed by atoms with Crippen LogP contribution in [0.2, 0.25) is 0 Å². The molecule has 1 rings (SSSR count). The van der Waals surface area contributed by atoms with Gasteiger partial charge in [0.2, 0.25) is 11.9 Å². The Labute approximate surface area is 107 Å². The Morgan fingerprint density at radius 3 is 2.56 bits per heavy atom. The van der Waals surface area contributed by atoms with Crippen LogP contribution in [0.1, 0.15) is 5.56 Å². The fraction of sp³-hybridized carbons (Fsp3) is 0.111. The van der Waals surface area contributed by atoms with Gasteiger partial charge in [0.15, 0.2) is 0 Å². The topological polar surface area (TPSA) is 115 Å². The lowest BCUT2D eigenvalue weighted by atomic mass is 10.2. The van der Waals surface area contributed by atoms with E-state index in [0.717, 1.165) is 9.13 Å². The standard InChI is InChI=1S/C9H13IN6/c10-7-4-2-1-3-6(7)5-14-9(13)16-15-8(11)12/h1-4H,5H2,(H4,11,12,15)(H3,13,14,16). The first kappa shape index (κ1) is 12.6. The number of hydrazone groups is 1. The van der Waals surface area contributed by atoms with E-state index in [4.69, 9.17) is 17.2 Å². The number of halogens is 1. The highest BCUT2D eigenvalue weighted by Crippen LogP contribution is 2.11. The first-order chi connectivity index (χ1) is 7.59. The second kappa shape index (κ2) is 6.16. The van der Waals surface area contributed by atoms with Crippen molar-refractivity contribution in [1.82, 2.24) is 5.43 Å². The van der Waals surface area contributed by atoms with Crippen LogP contribution in [0.25, 0.3) is 0 Å². The largest absolute Gasteiger partial charge is 0.369 e. The average Bonchev–Trinajstić information content (AvgIpc) is 2.25. The number of rotatable bonds is 3. The van der Waals surface area contributed by atoms with Gasteiger partial charge in [0.1, 0.15) is 0 Å². The van der Waals surface area contributed by atoms with Crippen molar-refractivity contribution < 1.29 is 0 Å². The molecule has 0 aliphatic carbocycles. The lowest BCUT2D eigenvalue weighted by molar-refractivity contribution is 0.949. The van der Waals surface area contributed by atoms with E-state index in [0.29, 0.717) is 6.54 Å². The highest BCUT2D eigenvalue weighted by molar-refractivity contribution is 14.1. The Kier molecular flexibility index (Phi) is 4.83. The van der Waals surface area contributed by atoms with Crippen molar-refractivity contribution in [1.29, 1.82) is 0 Å². The number of hydrogen-bond acceptors (Lipinski definition) is 2. The predicted octanol–water partition coefficient (Wildman–Crippen LogP) is -0.116. The molecule has 1 aromatic carbocycles. The van der Waals surface area contributed by atoms with Gasteiger partial charge in [-0.25, -0.2) is 10.4 Å². The maximum absolute atomic E-state index is 5.54. The second-order valence-corrected chi connectivity index (χ2v) is 4.10. The summed E-state index contributed by atoms with van der Waals surface area (Å²) in [7, 11) is 0. The Bertz CT molecular complexity index is 410. The minimum atomic E-state index is -0.0903. The fourth-order valence-electron chi connectivity index (χ4n) is 0.954. The number of benzene rings is 1. The molecule has 7 heteroatoms. The molecule has 86 valence electrons. The van der Waals surface area contributed by atoms with Gasteiger partial charge in [-0.15, -0.1) is 5.10 Å². The molecule has 1 aromatic rings. The van der Waals surface area contributed by atoms with E-state index in [9.17, 15) is 0 Å². The molecule has 0 saturated carbocycles. The van der Waals surface area contributed by atoms with E-state index >= 15 is 0 Å². The molecule has 6 nitrogen and oxygen atoms in total.